The van der Waals surface area contributed by atoms with E-state index in [4.69, 9.17) is 0 Å². The Morgan fingerprint density at radius 1 is 1.86 bits per heavy atom. The van der Waals surface area contributed by atoms with Crippen molar-refractivity contribution in [3.63, 3.8) is 0 Å². The molecule has 1 heteroatoms. The Morgan fingerprint density at radius 2 is 2.43 bits per heavy atom. The lowest BCUT2D eigenvalue weighted by molar-refractivity contribution is 1.13. The summed E-state index contributed by atoms with van der Waals surface area (Å²) in [4.78, 5) is 0. The molecule has 0 radical (unpaired) electrons. The van der Waals surface area contributed by atoms with Gasteiger partial charge in [0.25, 0.3) is 0 Å². The molecule has 0 saturated heterocycles. The van der Waals surface area contributed by atoms with Crippen molar-refractivity contribution in [2.75, 3.05) is 0 Å². The molecule has 0 bridgehead atoms. The molecule has 0 fully saturated rings. The van der Waals surface area contributed by atoms with E-state index >= 15 is 0 Å². The Balaban J connectivity index is 3.38. The first-order chi connectivity index (χ1) is 3.35. The largest absolute Gasteiger partial charge is 0.253 e. The quantitative estimate of drug-likeness (QED) is 0.414. The van der Waals surface area contributed by atoms with Crippen LogP contribution in [0.1, 0.15) is 20.3 Å². The lowest BCUT2D eigenvalue weighted by Crippen LogP contribution is -1.71. The van der Waals surface area contributed by atoms with E-state index in [1.165, 1.54) is 5.57 Å². The summed E-state index contributed by atoms with van der Waals surface area (Å²) >= 11 is 3.98. The first-order valence-corrected chi connectivity index (χ1v) is 2.99. The molecule has 0 unspecified atom stereocenters. The zero-order valence-corrected chi connectivity index (χ0v) is 5.70. The molecule has 0 saturated carbocycles. The van der Waals surface area contributed by atoms with Gasteiger partial charge < -0.3 is 0 Å². The maximum Gasteiger partial charge on any atom is -0.0634 e. The van der Waals surface area contributed by atoms with Crippen molar-refractivity contribution < 1.29 is 0 Å². The van der Waals surface area contributed by atoms with Crippen molar-refractivity contribution in [1.82, 2.24) is 0 Å². The second-order valence-electron chi connectivity index (χ2n) is 1.35. The molecule has 0 aromatic heterocycles. The average molecular weight is 115 g/mol. The van der Waals surface area contributed by atoms with E-state index in [1.807, 2.05) is 12.7 Å². The second-order valence-corrected chi connectivity index (χ2v) is 1.60. The minimum atomic E-state index is 1.08. The molecule has 42 valence electrons. The van der Waals surface area contributed by atoms with E-state index in [2.05, 4.69) is 25.6 Å². The molecular weight excluding hydrogens is 104 g/mol. The lowest BCUT2D eigenvalue weighted by atomic mass is 10.2. The molecule has 0 aliphatic carbocycles. The zero-order valence-electron chi connectivity index (χ0n) is 4.81. The number of hydrogen-bond donors (Lipinski definition) is 1. The molecule has 0 aromatic rings. The van der Waals surface area contributed by atoms with Crippen LogP contribution in [-0.2, 0) is 0 Å². The van der Waals surface area contributed by atoms with Gasteiger partial charge in [0.05, 0.1) is 0 Å². The first-order valence-electron chi connectivity index (χ1n) is 2.47. The Labute approximate surface area is 51.0 Å². The summed E-state index contributed by atoms with van der Waals surface area (Å²) in [5.74, 6) is 1.83. The molecule has 0 atom stereocenters. The predicted octanol–water partition coefficient (Wildman–Crippen LogP) is 2.43. The van der Waals surface area contributed by atoms with Crippen LogP contribution in [0.2, 0.25) is 0 Å². The van der Waals surface area contributed by atoms with Crippen LogP contribution in [-0.4, -0.2) is 0 Å². The summed E-state index contributed by atoms with van der Waals surface area (Å²) in [5, 5.41) is 0. The van der Waals surface area contributed by atoms with E-state index in [1.54, 1.807) is 0 Å². The SMILES string of the molecule is C/C=C(\[CH-]S)CC. The highest BCUT2D eigenvalue weighted by Crippen LogP contribution is 2.05. The molecule has 0 spiro atoms. The third kappa shape index (κ3) is 2.63. The summed E-state index contributed by atoms with van der Waals surface area (Å²) in [6.45, 7) is 4.13. The van der Waals surface area contributed by atoms with Crippen molar-refractivity contribution >= 4 is 12.6 Å². The molecule has 0 aliphatic rings. The van der Waals surface area contributed by atoms with Gasteiger partial charge in [-0.05, 0) is 0 Å². The molecule has 0 heterocycles. The van der Waals surface area contributed by atoms with Gasteiger partial charge in [-0.25, -0.2) is 11.6 Å². The van der Waals surface area contributed by atoms with E-state index < -0.39 is 0 Å². The number of thiol groups is 1. The highest BCUT2D eigenvalue weighted by atomic mass is 32.1. The van der Waals surface area contributed by atoms with E-state index in [0.717, 1.165) is 6.42 Å². The fourth-order valence-electron chi connectivity index (χ4n) is 0.370. The second kappa shape index (κ2) is 4.13. The van der Waals surface area contributed by atoms with Gasteiger partial charge in [-0.1, -0.05) is 13.3 Å². The zero-order chi connectivity index (χ0) is 5.70. The fourth-order valence-corrected chi connectivity index (χ4v) is 0.702. The van der Waals surface area contributed by atoms with Gasteiger partial charge in [-0.15, -0.1) is 6.92 Å². The summed E-state index contributed by atoms with van der Waals surface area (Å²) in [7, 11) is 0. The van der Waals surface area contributed by atoms with E-state index in [-0.39, 0.29) is 0 Å². The molecule has 0 aromatic carbocycles. The third-order valence-corrected chi connectivity index (χ3v) is 1.28. The van der Waals surface area contributed by atoms with Crippen LogP contribution in [0, 0.1) is 5.75 Å². The van der Waals surface area contributed by atoms with Gasteiger partial charge in [-0.3, -0.25) is 12.6 Å². The maximum absolute atomic E-state index is 3.98. The smallest absolute Gasteiger partial charge is 0.0634 e. The number of hydrogen-bond acceptors (Lipinski definition) is 1. The summed E-state index contributed by atoms with van der Waals surface area (Å²) < 4.78 is 0. The third-order valence-electron chi connectivity index (χ3n) is 0.945. The number of rotatable bonds is 2. The van der Waals surface area contributed by atoms with Crippen LogP contribution in [0.3, 0.4) is 0 Å². The summed E-state index contributed by atoms with van der Waals surface area (Å²) in [6, 6.07) is 0. The Bertz CT molecular complexity index is 58.6. The average Bonchev–Trinajstić information content (AvgIpc) is 1.72. The van der Waals surface area contributed by atoms with Crippen LogP contribution in [0.15, 0.2) is 11.6 Å². The highest BCUT2D eigenvalue weighted by molar-refractivity contribution is 7.82. The van der Waals surface area contributed by atoms with Gasteiger partial charge in [0.15, 0.2) is 0 Å². The van der Waals surface area contributed by atoms with Crippen LogP contribution in [0.5, 0.6) is 0 Å². The van der Waals surface area contributed by atoms with Crippen LogP contribution >= 0.6 is 12.6 Å². The van der Waals surface area contributed by atoms with Gasteiger partial charge in [0.2, 0.25) is 0 Å². The van der Waals surface area contributed by atoms with Crippen molar-refractivity contribution in [3.8, 4) is 0 Å². The lowest BCUT2D eigenvalue weighted by Gasteiger charge is -2.04. The van der Waals surface area contributed by atoms with Crippen molar-refractivity contribution in [2.45, 2.75) is 20.3 Å². The Hall–Kier alpha value is -0.0400. The van der Waals surface area contributed by atoms with Gasteiger partial charge in [-0.2, -0.15) is 5.75 Å². The Kier molecular flexibility index (Phi) is 4.10. The molecule has 0 rings (SSSR count). The normalized spacial score (nSPS) is 11.6. The fraction of sp³-hybridized carbons (Fsp3) is 0.500. The topological polar surface area (TPSA) is 0 Å². The molecule has 0 amide bonds. The van der Waals surface area contributed by atoms with E-state index in [9.17, 15) is 0 Å². The predicted molar refractivity (Wildman–Crippen MR) is 37.3 cm³/mol. The monoisotopic (exact) mass is 115 g/mol. The Morgan fingerprint density at radius 3 is 2.43 bits per heavy atom. The van der Waals surface area contributed by atoms with Crippen LogP contribution in [0.4, 0.5) is 0 Å². The standard InChI is InChI=1S/C6H11S/c1-3-6(4-2)5-7/h3,5,7H,4H2,1-2H3/q-1/b6-3-. The van der Waals surface area contributed by atoms with Crippen molar-refractivity contribution in [2.24, 2.45) is 0 Å². The van der Waals surface area contributed by atoms with E-state index in [0.29, 0.717) is 0 Å². The van der Waals surface area contributed by atoms with Crippen LogP contribution in [0.25, 0.3) is 0 Å². The van der Waals surface area contributed by atoms with Gasteiger partial charge >= 0.3 is 0 Å². The van der Waals surface area contributed by atoms with Crippen molar-refractivity contribution in [3.05, 3.63) is 17.4 Å². The minimum Gasteiger partial charge on any atom is -0.253 e. The summed E-state index contributed by atoms with van der Waals surface area (Å²) in [5.41, 5.74) is 1.29. The summed E-state index contributed by atoms with van der Waals surface area (Å²) in [6.07, 6.45) is 3.15. The minimum absolute atomic E-state index is 1.08. The molecule has 0 nitrogen and oxygen atoms in total. The van der Waals surface area contributed by atoms with Gasteiger partial charge in [0, 0.05) is 0 Å². The highest BCUT2D eigenvalue weighted by Gasteiger charge is 1.71. The van der Waals surface area contributed by atoms with Crippen molar-refractivity contribution in [1.29, 1.82) is 0 Å². The molecule has 0 aliphatic heterocycles. The van der Waals surface area contributed by atoms with Gasteiger partial charge in [0.1, 0.15) is 0 Å². The first kappa shape index (κ1) is 6.96. The number of allylic oxidation sites excluding steroid dienone is 1. The molecule has 7 heavy (non-hydrogen) atoms. The maximum atomic E-state index is 3.98. The van der Waals surface area contributed by atoms with Crippen LogP contribution < -0.4 is 0 Å². The molecular formula is C6H11S-. The molecule has 0 N–H and O–H groups in total.